The summed E-state index contributed by atoms with van der Waals surface area (Å²) in [5.41, 5.74) is 0. The van der Waals surface area contributed by atoms with Crippen molar-refractivity contribution in [2.45, 2.75) is 11.0 Å². The lowest BCUT2D eigenvalue weighted by molar-refractivity contribution is -0.149. The van der Waals surface area contributed by atoms with E-state index in [2.05, 4.69) is 4.74 Å². The number of halogens is 2. The van der Waals surface area contributed by atoms with Crippen molar-refractivity contribution in [3.8, 4) is 0 Å². The topological polar surface area (TPSA) is 92.7 Å². The zero-order valence-corrected chi connectivity index (χ0v) is 11.3. The molecule has 1 aromatic carbocycles. The highest BCUT2D eigenvalue weighted by Gasteiger charge is 2.23. The van der Waals surface area contributed by atoms with Crippen LogP contribution in [0.25, 0.3) is 0 Å². The van der Waals surface area contributed by atoms with Crippen LogP contribution >= 0.6 is 11.6 Å². The lowest BCUT2D eigenvalue weighted by atomic mass is 10.3. The third-order valence-electron chi connectivity index (χ3n) is 2.15. The number of benzene rings is 1. The third-order valence-corrected chi connectivity index (χ3v) is 3.88. The number of hydrogen-bond acceptors (Lipinski definition) is 5. The first-order valence-corrected chi connectivity index (χ1v) is 6.85. The number of carbonyl (C=O) groups is 1. The molecule has 0 aliphatic rings. The lowest BCUT2D eigenvalue weighted by Gasteiger charge is -2.11. The molecule has 0 bridgehead atoms. The van der Waals surface area contributed by atoms with Gasteiger partial charge in [-0.1, -0.05) is 17.7 Å². The van der Waals surface area contributed by atoms with Crippen LogP contribution in [0.4, 0.5) is 4.39 Å². The minimum Gasteiger partial charge on any atom is -0.467 e. The van der Waals surface area contributed by atoms with E-state index < -0.39 is 39.4 Å². The highest BCUT2D eigenvalue weighted by molar-refractivity contribution is 7.89. The number of esters is 1. The highest BCUT2D eigenvalue weighted by atomic mass is 35.5. The molecule has 1 atom stereocenters. The van der Waals surface area contributed by atoms with Gasteiger partial charge < -0.3 is 9.84 Å². The van der Waals surface area contributed by atoms with Gasteiger partial charge in [-0.3, -0.25) is 0 Å². The van der Waals surface area contributed by atoms with Gasteiger partial charge in [0.25, 0.3) is 0 Å². The number of ether oxygens (including phenoxy) is 1. The summed E-state index contributed by atoms with van der Waals surface area (Å²) >= 11 is 5.46. The van der Waals surface area contributed by atoms with Gasteiger partial charge in [-0.05, 0) is 12.1 Å². The van der Waals surface area contributed by atoms with E-state index >= 15 is 0 Å². The minimum atomic E-state index is -4.23. The summed E-state index contributed by atoms with van der Waals surface area (Å²) in [7, 11) is -3.19. The summed E-state index contributed by atoms with van der Waals surface area (Å²) in [5, 5.41) is 8.88. The van der Waals surface area contributed by atoms with Crippen molar-refractivity contribution in [3.63, 3.8) is 0 Å². The molecule has 0 saturated carbocycles. The molecule has 0 radical (unpaired) electrons. The maximum atomic E-state index is 13.5. The van der Waals surface area contributed by atoms with Crippen LogP contribution < -0.4 is 4.72 Å². The molecule has 9 heteroatoms. The normalized spacial score (nSPS) is 13.1. The second-order valence-corrected chi connectivity index (χ2v) is 5.59. The van der Waals surface area contributed by atoms with Gasteiger partial charge in [0.2, 0.25) is 10.0 Å². The number of sulfonamides is 1. The van der Waals surface area contributed by atoms with Crippen LogP contribution in [-0.4, -0.2) is 39.3 Å². The standard InChI is InChI=1S/C10H11ClFNO5S/c1-18-10(15)7(14)5-13-19(16,17)8-4-2-3-6(11)9(8)12/h2-4,7,13-14H,5H2,1H3. The number of hydrogen-bond donors (Lipinski definition) is 2. The van der Waals surface area contributed by atoms with E-state index in [1.807, 2.05) is 4.72 Å². The number of carbonyl (C=O) groups excluding carboxylic acids is 1. The molecule has 19 heavy (non-hydrogen) atoms. The van der Waals surface area contributed by atoms with Crippen molar-refractivity contribution in [3.05, 3.63) is 29.0 Å². The van der Waals surface area contributed by atoms with E-state index in [0.717, 1.165) is 13.2 Å². The number of aliphatic hydroxyl groups excluding tert-OH is 1. The van der Waals surface area contributed by atoms with E-state index in [4.69, 9.17) is 11.6 Å². The van der Waals surface area contributed by atoms with Crippen LogP contribution in [0, 0.1) is 5.82 Å². The molecule has 0 fully saturated rings. The third kappa shape index (κ3) is 3.87. The maximum Gasteiger partial charge on any atom is 0.336 e. The summed E-state index contributed by atoms with van der Waals surface area (Å²) in [6.45, 7) is -0.638. The molecule has 106 valence electrons. The number of aliphatic hydroxyl groups is 1. The molecule has 0 amide bonds. The molecule has 0 spiro atoms. The number of rotatable bonds is 5. The molecular weight excluding hydrogens is 301 g/mol. The Hall–Kier alpha value is -1.22. The van der Waals surface area contributed by atoms with Gasteiger partial charge in [-0.2, -0.15) is 0 Å². The van der Waals surface area contributed by atoms with Crippen molar-refractivity contribution in [2.75, 3.05) is 13.7 Å². The van der Waals surface area contributed by atoms with Gasteiger partial charge in [0.05, 0.1) is 12.1 Å². The fourth-order valence-electron chi connectivity index (χ4n) is 1.18. The van der Waals surface area contributed by atoms with Crippen molar-refractivity contribution >= 4 is 27.6 Å². The van der Waals surface area contributed by atoms with Crippen LogP contribution in [0.3, 0.4) is 0 Å². The fraction of sp³-hybridized carbons (Fsp3) is 0.300. The van der Waals surface area contributed by atoms with Gasteiger partial charge in [-0.25, -0.2) is 22.3 Å². The Labute approximate surface area is 114 Å². The van der Waals surface area contributed by atoms with Gasteiger partial charge in [0, 0.05) is 6.54 Å². The first kappa shape index (κ1) is 15.8. The van der Waals surface area contributed by atoms with Crippen molar-refractivity contribution in [2.24, 2.45) is 0 Å². The van der Waals surface area contributed by atoms with Gasteiger partial charge in [0.15, 0.2) is 11.9 Å². The Morgan fingerprint density at radius 2 is 2.21 bits per heavy atom. The SMILES string of the molecule is COC(=O)C(O)CNS(=O)(=O)c1cccc(Cl)c1F. The van der Waals surface area contributed by atoms with Crippen molar-refractivity contribution in [1.29, 1.82) is 0 Å². The Balaban J connectivity index is 2.88. The number of nitrogens with one attached hydrogen (secondary N) is 1. The van der Waals surface area contributed by atoms with Crippen LogP contribution in [0.2, 0.25) is 5.02 Å². The summed E-state index contributed by atoms with van der Waals surface area (Å²) in [4.78, 5) is 10.2. The summed E-state index contributed by atoms with van der Waals surface area (Å²) in [6.07, 6.45) is -1.68. The van der Waals surface area contributed by atoms with Crippen LogP contribution in [0.1, 0.15) is 0 Å². The average molecular weight is 312 g/mol. The molecule has 1 rings (SSSR count). The van der Waals surface area contributed by atoms with Gasteiger partial charge >= 0.3 is 5.97 Å². The summed E-state index contributed by atoms with van der Waals surface area (Å²) in [6, 6.07) is 3.46. The largest absolute Gasteiger partial charge is 0.467 e. The first-order chi connectivity index (χ1) is 8.79. The monoisotopic (exact) mass is 311 g/mol. The van der Waals surface area contributed by atoms with E-state index in [1.165, 1.54) is 12.1 Å². The molecular formula is C10H11ClFNO5S. The van der Waals surface area contributed by atoms with E-state index in [1.54, 1.807) is 0 Å². The Bertz CT molecular complexity index is 577. The predicted octanol–water partition coefficient (Wildman–Crippen LogP) is 0.291. The maximum absolute atomic E-state index is 13.5. The first-order valence-electron chi connectivity index (χ1n) is 4.99. The van der Waals surface area contributed by atoms with Crippen molar-refractivity contribution < 1.29 is 27.4 Å². The minimum absolute atomic E-state index is 0.351. The fourth-order valence-corrected chi connectivity index (χ4v) is 2.54. The quantitative estimate of drug-likeness (QED) is 0.763. The molecule has 0 saturated heterocycles. The molecule has 0 heterocycles. The Morgan fingerprint density at radius 1 is 1.58 bits per heavy atom. The summed E-state index contributed by atoms with van der Waals surface area (Å²) in [5.74, 6) is -2.11. The summed E-state index contributed by atoms with van der Waals surface area (Å²) < 4.78 is 43.1. The molecule has 0 aromatic heterocycles. The van der Waals surface area contributed by atoms with Gasteiger partial charge in [-0.15, -0.1) is 0 Å². The number of methoxy groups -OCH3 is 1. The Kier molecular flexibility index (Phi) is 5.24. The second-order valence-electron chi connectivity index (χ2n) is 3.44. The smallest absolute Gasteiger partial charge is 0.336 e. The molecule has 0 aliphatic carbocycles. The Morgan fingerprint density at radius 3 is 2.79 bits per heavy atom. The highest BCUT2D eigenvalue weighted by Crippen LogP contribution is 2.21. The van der Waals surface area contributed by atoms with Gasteiger partial charge in [0.1, 0.15) is 4.90 Å². The second kappa shape index (κ2) is 6.29. The molecule has 2 N–H and O–H groups in total. The zero-order valence-electron chi connectivity index (χ0n) is 9.76. The zero-order chi connectivity index (χ0) is 14.6. The van der Waals surface area contributed by atoms with E-state index in [9.17, 15) is 22.7 Å². The molecule has 0 aliphatic heterocycles. The molecule has 6 nitrogen and oxygen atoms in total. The van der Waals surface area contributed by atoms with E-state index in [0.29, 0.717) is 0 Å². The lowest BCUT2D eigenvalue weighted by Crippen LogP contribution is -2.37. The van der Waals surface area contributed by atoms with Crippen LogP contribution in [0.5, 0.6) is 0 Å². The molecule has 1 unspecified atom stereocenters. The van der Waals surface area contributed by atoms with Crippen molar-refractivity contribution in [1.82, 2.24) is 4.72 Å². The average Bonchev–Trinajstić information content (AvgIpc) is 2.38. The molecule has 1 aromatic rings. The van der Waals surface area contributed by atoms with Crippen LogP contribution in [0.15, 0.2) is 23.1 Å². The predicted molar refractivity (Wildman–Crippen MR) is 64.6 cm³/mol. The van der Waals surface area contributed by atoms with Crippen LogP contribution in [-0.2, 0) is 19.6 Å². The van der Waals surface area contributed by atoms with E-state index in [-0.39, 0.29) is 5.02 Å².